The van der Waals surface area contributed by atoms with Gasteiger partial charge in [0.1, 0.15) is 0 Å². The smallest absolute Gasteiger partial charge is 0.339 e. The lowest BCUT2D eigenvalue weighted by molar-refractivity contribution is 0.0598. The van der Waals surface area contributed by atoms with Crippen LogP contribution < -0.4 is 10.2 Å². The molecular formula is C25H23N3O4. The van der Waals surface area contributed by atoms with Crippen molar-refractivity contribution in [1.29, 1.82) is 0 Å². The molecule has 7 nitrogen and oxygen atoms in total. The Kier molecular flexibility index (Phi) is 5.16. The van der Waals surface area contributed by atoms with E-state index in [9.17, 15) is 14.4 Å². The summed E-state index contributed by atoms with van der Waals surface area (Å²) < 4.78 is 4.91. The minimum absolute atomic E-state index is 0.0449. The topological polar surface area (TPSA) is 79.0 Å². The number of carbonyl (C=O) groups excluding carboxylic acids is 3. The number of esters is 1. The molecule has 2 aromatic carbocycles. The second-order valence-corrected chi connectivity index (χ2v) is 8.35. The lowest BCUT2D eigenvalue weighted by Gasteiger charge is -2.20. The van der Waals surface area contributed by atoms with E-state index in [1.807, 2.05) is 12.1 Å². The van der Waals surface area contributed by atoms with Crippen molar-refractivity contribution >= 4 is 23.5 Å². The maximum atomic E-state index is 12.5. The van der Waals surface area contributed by atoms with Gasteiger partial charge in [0.15, 0.2) is 0 Å². The molecule has 2 amide bonds. The normalized spacial score (nSPS) is 21.3. The van der Waals surface area contributed by atoms with Crippen molar-refractivity contribution in [3.05, 3.63) is 64.7 Å². The number of hydrogen-bond acceptors (Lipinski definition) is 6. The molecule has 3 heterocycles. The minimum Gasteiger partial charge on any atom is -0.465 e. The number of imide groups is 1. The minimum atomic E-state index is -0.468. The lowest BCUT2D eigenvalue weighted by atomic mass is 10.0. The van der Waals surface area contributed by atoms with Crippen molar-refractivity contribution < 1.29 is 19.1 Å². The molecule has 2 unspecified atom stereocenters. The molecular weight excluding hydrogens is 406 g/mol. The predicted octanol–water partition coefficient (Wildman–Crippen LogP) is 1.78. The van der Waals surface area contributed by atoms with Gasteiger partial charge < -0.3 is 15.0 Å². The monoisotopic (exact) mass is 429 g/mol. The van der Waals surface area contributed by atoms with Crippen molar-refractivity contribution in [2.45, 2.75) is 0 Å². The van der Waals surface area contributed by atoms with Gasteiger partial charge in [-0.05, 0) is 42.2 Å². The van der Waals surface area contributed by atoms with Gasteiger partial charge in [-0.15, -0.1) is 0 Å². The number of methoxy groups -OCH3 is 1. The molecule has 5 rings (SSSR count). The number of nitrogens with one attached hydrogen (secondary N) is 1. The number of hydrogen-bond donors (Lipinski definition) is 1. The van der Waals surface area contributed by atoms with Gasteiger partial charge in [-0.2, -0.15) is 0 Å². The van der Waals surface area contributed by atoms with E-state index in [2.05, 4.69) is 22.1 Å². The highest BCUT2D eigenvalue weighted by molar-refractivity contribution is 6.21. The van der Waals surface area contributed by atoms with Gasteiger partial charge >= 0.3 is 5.97 Å². The zero-order chi connectivity index (χ0) is 22.2. The molecule has 2 atom stereocenters. The molecule has 2 saturated heterocycles. The molecule has 3 aliphatic heterocycles. The number of fused-ring (bicyclic) bond motifs is 2. The third-order valence-electron chi connectivity index (χ3n) is 6.50. The fourth-order valence-corrected chi connectivity index (χ4v) is 4.78. The van der Waals surface area contributed by atoms with Gasteiger partial charge in [0.2, 0.25) is 0 Å². The number of anilines is 1. The Bertz CT molecular complexity index is 1130. The van der Waals surface area contributed by atoms with E-state index >= 15 is 0 Å². The van der Waals surface area contributed by atoms with Crippen molar-refractivity contribution in [3.8, 4) is 11.8 Å². The Morgan fingerprint density at radius 3 is 2.34 bits per heavy atom. The zero-order valence-electron chi connectivity index (χ0n) is 17.8. The summed E-state index contributed by atoms with van der Waals surface area (Å²) in [6.45, 7) is 3.97. The summed E-state index contributed by atoms with van der Waals surface area (Å²) in [5, 5.41) is 3.44. The summed E-state index contributed by atoms with van der Waals surface area (Å²) in [6, 6.07) is 12.3. The summed E-state index contributed by atoms with van der Waals surface area (Å²) in [5.74, 6) is 6.03. The number of carbonyl (C=O) groups is 3. The Hall–Kier alpha value is -3.63. The van der Waals surface area contributed by atoms with Crippen LogP contribution in [0.25, 0.3) is 0 Å². The van der Waals surface area contributed by atoms with E-state index in [0.29, 0.717) is 34.1 Å². The Balaban J connectivity index is 1.39. The fourth-order valence-electron chi connectivity index (χ4n) is 4.78. The van der Waals surface area contributed by atoms with Crippen LogP contribution in [-0.2, 0) is 4.74 Å². The summed E-state index contributed by atoms with van der Waals surface area (Å²) in [6.07, 6.45) is 0. The average molecular weight is 429 g/mol. The molecule has 0 saturated carbocycles. The van der Waals surface area contributed by atoms with E-state index in [0.717, 1.165) is 36.8 Å². The van der Waals surface area contributed by atoms with Gasteiger partial charge in [0.05, 0.1) is 30.3 Å². The quantitative estimate of drug-likeness (QED) is 0.455. The molecule has 1 N–H and O–H groups in total. The molecule has 162 valence electrons. The SMILES string of the molecule is COC(=O)c1ccc(N2CC3CNCC3C2)cc1C#CCN1C(=O)c2ccccc2C1=O. The molecule has 0 radical (unpaired) electrons. The van der Waals surface area contributed by atoms with Gasteiger partial charge in [0, 0.05) is 37.4 Å². The molecule has 0 bridgehead atoms. The van der Waals surface area contributed by atoms with Gasteiger partial charge in [-0.1, -0.05) is 24.0 Å². The maximum absolute atomic E-state index is 12.5. The molecule has 2 aromatic rings. The van der Waals surface area contributed by atoms with E-state index in [-0.39, 0.29) is 18.4 Å². The highest BCUT2D eigenvalue weighted by Crippen LogP contribution is 2.31. The number of rotatable bonds is 3. The molecule has 0 spiro atoms. The van der Waals surface area contributed by atoms with E-state index in [1.54, 1.807) is 30.3 Å². The molecule has 32 heavy (non-hydrogen) atoms. The van der Waals surface area contributed by atoms with Crippen molar-refractivity contribution in [3.63, 3.8) is 0 Å². The van der Waals surface area contributed by atoms with Crippen molar-refractivity contribution in [2.24, 2.45) is 11.8 Å². The molecule has 3 aliphatic rings. The Morgan fingerprint density at radius 1 is 1.06 bits per heavy atom. The zero-order valence-corrected chi connectivity index (χ0v) is 17.8. The summed E-state index contributed by atoms with van der Waals surface area (Å²) in [7, 11) is 1.33. The second-order valence-electron chi connectivity index (χ2n) is 8.35. The van der Waals surface area contributed by atoms with Crippen molar-refractivity contribution in [1.82, 2.24) is 10.2 Å². The first-order valence-electron chi connectivity index (χ1n) is 10.7. The summed E-state index contributed by atoms with van der Waals surface area (Å²) in [5.41, 5.74) is 2.70. The lowest BCUT2D eigenvalue weighted by Crippen LogP contribution is -2.30. The number of benzene rings is 2. The first kappa shape index (κ1) is 20.3. The predicted molar refractivity (Wildman–Crippen MR) is 119 cm³/mol. The first-order valence-corrected chi connectivity index (χ1v) is 10.7. The Labute approximate surface area is 186 Å². The van der Waals surface area contributed by atoms with Crippen LogP contribution in [0.1, 0.15) is 36.6 Å². The fraction of sp³-hybridized carbons (Fsp3) is 0.320. The van der Waals surface area contributed by atoms with Crippen LogP contribution in [0, 0.1) is 23.7 Å². The van der Waals surface area contributed by atoms with Crippen LogP contribution >= 0.6 is 0 Å². The van der Waals surface area contributed by atoms with Gasteiger partial charge in [0.25, 0.3) is 11.8 Å². The molecule has 2 fully saturated rings. The van der Waals surface area contributed by atoms with Crippen LogP contribution in [0.3, 0.4) is 0 Å². The van der Waals surface area contributed by atoms with Crippen LogP contribution in [0.5, 0.6) is 0 Å². The largest absolute Gasteiger partial charge is 0.465 e. The Morgan fingerprint density at radius 2 is 1.72 bits per heavy atom. The van der Waals surface area contributed by atoms with E-state index < -0.39 is 5.97 Å². The van der Waals surface area contributed by atoms with E-state index in [1.165, 1.54) is 7.11 Å². The highest BCUT2D eigenvalue weighted by atomic mass is 16.5. The molecule has 0 aromatic heterocycles. The number of ether oxygens (including phenoxy) is 1. The second kappa shape index (κ2) is 8.13. The standard InChI is InChI=1S/C25H23N3O4/c1-32-25(31)20-9-8-19(27-14-17-12-26-13-18(17)15-27)11-16(20)5-4-10-28-23(29)21-6-2-3-7-22(21)24(28)30/h2-3,6-9,11,17-18,26H,10,12-15H2,1H3. The van der Waals surface area contributed by atoms with Crippen LogP contribution in [0.4, 0.5) is 5.69 Å². The van der Waals surface area contributed by atoms with Gasteiger partial charge in [-0.25, -0.2) is 4.79 Å². The summed E-state index contributed by atoms with van der Waals surface area (Å²) >= 11 is 0. The van der Waals surface area contributed by atoms with Crippen molar-refractivity contribution in [2.75, 3.05) is 44.7 Å². The summed E-state index contributed by atoms with van der Waals surface area (Å²) in [4.78, 5) is 40.8. The highest BCUT2D eigenvalue weighted by Gasteiger charge is 2.36. The first-order chi connectivity index (χ1) is 15.6. The van der Waals surface area contributed by atoms with E-state index in [4.69, 9.17) is 4.74 Å². The average Bonchev–Trinajstić information content (AvgIpc) is 3.48. The van der Waals surface area contributed by atoms with Crippen LogP contribution in [0.2, 0.25) is 0 Å². The third-order valence-corrected chi connectivity index (χ3v) is 6.50. The van der Waals surface area contributed by atoms with Crippen LogP contribution in [-0.4, -0.2) is 62.5 Å². The maximum Gasteiger partial charge on any atom is 0.339 e. The molecule has 0 aliphatic carbocycles. The van der Waals surface area contributed by atoms with Crippen LogP contribution in [0.15, 0.2) is 42.5 Å². The third kappa shape index (κ3) is 3.43. The number of amides is 2. The van der Waals surface area contributed by atoms with Gasteiger partial charge in [-0.3, -0.25) is 14.5 Å². The number of nitrogens with zero attached hydrogens (tertiary/aromatic N) is 2. The molecule has 7 heteroatoms.